The number of anilines is 9. The lowest BCUT2D eigenvalue weighted by Crippen LogP contribution is -2.16. The minimum Gasteiger partial charge on any atom is -0.368 e. The summed E-state index contributed by atoms with van der Waals surface area (Å²) in [6.07, 6.45) is 12.4. The number of pyridine rings is 3. The summed E-state index contributed by atoms with van der Waals surface area (Å²) >= 11 is 4.04. The number of hydrogen-bond donors (Lipinski definition) is 6. The van der Waals surface area contributed by atoms with Gasteiger partial charge in [-0.05, 0) is 103 Å². The van der Waals surface area contributed by atoms with Crippen molar-refractivity contribution < 1.29 is 13.2 Å². The number of rotatable bonds is 13. The van der Waals surface area contributed by atoms with E-state index in [9.17, 15) is 13.2 Å². The van der Waals surface area contributed by atoms with Crippen LogP contribution in [0, 0.1) is 17.5 Å². The molecule has 0 aliphatic heterocycles. The Morgan fingerprint density at radius 3 is 1.22 bits per heavy atom. The number of nitrogens with zero attached hydrogens (tertiary/aromatic N) is 9. The zero-order valence-corrected chi connectivity index (χ0v) is 41.7. The summed E-state index contributed by atoms with van der Waals surface area (Å²) < 4.78 is 43.0. The molecule has 6 aromatic heterocycles. The van der Waals surface area contributed by atoms with Crippen molar-refractivity contribution in [2.75, 3.05) is 33.2 Å². The summed E-state index contributed by atoms with van der Waals surface area (Å²) in [7, 11) is 0. The second-order valence-electron chi connectivity index (χ2n) is 16.2. The average molecular weight is 1020 g/mol. The fourth-order valence-electron chi connectivity index (χ4n) is 6.15. The number of benzene rings is 3. The van der Waals surface area contributed by atoms with Crippen molar-refractivity contribution in [2.24, 2.45) is 0 Å². The second-order valence-corrected chi connectivity index (χ2v) is 19.5. The first-order chi connectivity index (χ1) is 34.6. The normalized spacial score (nSPS) is 10.8. The zero-order chi connectivity index (χ0) is 51.0. The number of halogens is 3. The highest BCUT2D eigenvalue weighted by molar-refractivity contribution is 7.99. The van der Waals surface area contributed by atoms with Crippen molar-refractivity contribution in [2.45, 2.75) is 68.9 Å². The summed E-state index contributed by atoms with van der Waals surface area (Å²) in [5.41, 5.74) is 20.3. The average Bonchev–Trinajstić information content (AvgIpc) is 3.35. The molecule has 0 unspecified atom stereocenters. The molecule has 9 rings (SSSR count). The maximum absolute atomic E-state index is 14.5. The van der Waals surface area contributed by atoms with E-state index in [1.807, 2.05) is 76.2 Å². The lowest BCUT2D eigenvalue weighted by atomic mass is 9.92. The Hall–Kier alpha value is -8.01. The van der Waals surface area contributed by atoms with E-state index >= 15 is 0 Å². The van der Waals surface area contributed by atoms with Gasteiger partial charge in [-0.3, -0.25) is 15.0 Å². The van der Waals surface area contributed by atoms with Crippen molar-refractivity contribution in [3.05, 3.63) is 181 Å². The molecule has 0 aliphatic carbocycles. The number of nitrogens with two attached hydrogens (primary N) is 3. The summed E-state index contributed by atoms with van der Waals surface area (Å²) in [4.78, 5) is 40.8. The highest BCUT2D eigenvalue weighted by atomic mass is 32.2. The Morgan fingerprint density at radius 1 is 0.444 bits per heavy atom. The van der Waals surface area contributed by atoms with E-state index in [0.29, 0.717) is 49.2 Å². The molecule has 3 aromatic carbocycles. The van der Waals surface area contributed by atoms with Gasteiger partial charge in [-0.15, -0.1) is 0 Å². The van der Waals surface area contributed by atoms with Gasteiger partial charge in [0.2, 0.25) is 17.8 Å². The third-order valence-electron chi connectivity index (χ3n) is 9.59. The largest absolute Gasteiger partial charge is 0.368 e. The van der Waals surface area contributed by atoms with E-state index < -0.39 is 0 Å². The van der Waals surface area contributed by atoms with Gasteiger partial charge < -0.3 is 33.2 Å². The van der Waals surface area contributed by atoms with Crippen LogP contribution in [0.4, 0.5) is 65.5 Å². The van der Waals surface area contributed by atoms with Gasteiger partial charge in [-0.1, -0.05) is 63.0 Å². The minimum atomic E-state index is -0.311. The molecule has 0 bridgehead atoms. The third-order valence-corrected chi connectivity index (χ3v) is 12.8. The Bertz CT molecular complexity index is 3210. The van der Waals surface area contributed by atoms with Gasteiger partial charge in [-0.25, -0.2) is 28.1 Å². The predicted octanol–water partition coefficient (Wildman–Crippen LogP) is 12.3. The van der Waals surface area contributed by atoms with Crippen molar-refractivity contribution in [3.63, 3.8) is 0 Å². The summed E-state index contributed by atoms with van der Waals surface area (Å²) in [5, 5.41) is 9.15. The molecule has 72 heavy (non-hydrogen) atoms. The van der Waals surface area contributed by atoms with E-state index in [4.69, 9.17) is 17.2 Å². The SMILES string of the molecule is CC(C)(C)c1cc(Nc2ccc(Sc3ccncc3)c(F)c2)nc(N)n1.CCc1cc(Nc2ccc(Sc3ccncc3)c(F)c2)nc(N)n1.Nc1nccc(Nc2ccc(Sc3ccncc3)c(F)c2)n1. The van der Waals surface area contributed by atoms with Crippen LogP contribution in [0.1, 0.15) is 39.1 Å². The molecular weight excluding hydrogens is 976 g/mol. The Labute approximate surface area is 427 Å². The molecule has 0 atom stereocenters. The Balaban J connectivity index is 0.000000159. The van der Waals surface area contributed by atoms with Crippen LogP contribution in [-0.4, -0.2) is 44.9 Å². The molecule has 0 radical (unpaired) electrons. The fourth-order valence-corrected chi connectivity index (χ4v) is 8.56. The molecule has 366 valence electrons. The van der Waals surface area contributed by atoms with Crippen LogP contribution in [-0.2, 0) is 11.8 Å². The highest BCUT2D eigenvalue weighted by Gasteiger charge is 2.18. The van der Waals surface area contributed by atoms with Crippen LogP contribution in [0.2, 0.25) is 0 Å². The lowest BCUT2D eigenvalue weighted by molar-refractivity contribution is 0.568. The smallest absolute Gasteiger partial charge is 0.222 e. The van der Waals surface area contributed by atoms with E-state index in [1.165, 1.54) is 59.7 Å². The first-order valence-electron chi connectivity index (χ1n) is 22.0. The van der Waals surface area contributed by atoms with Crippen molar-refractivity contribution in [3.8, 4) is 0 Å². The van der Waals surface area contributed by atoms with E-state index in [-0.39, 0.29) is 40.7 Å². The number of nitrogens with one attached hydrogen (secondary N) is 3. The second kappa shape index (κ2) is 24.7. The molecule has 0 fully saturated rings. The van der Waals surface area contributed by atoms with Crippen molar-refractivity contribution >= 4 is 87.6 Å². The van der Waals surface area contributed by atoms with E-state index in [1.54, 1.807) is 79.6 Å². The molecule has 0 saturated heterocycles. The van der Waals surface area contributed by atoms with Gasteiger partial charge in [0.15, 0.2) is 0 Å². The van der Waals surface area contributed by atoms with Gasteiger partial charge >= 0.3 is 0 Å². The summed E-state index contributed by atoms with van der Waals surface area (Å²) in [5.74, 6) is 1.22. The van der Waals surface area contributed by atoms with Crippen LogP contribution in [0.25, 0.3) is 0 Å². The van der Waals surface area contributed by atoms with Gasteiger partial charge in [0, 0.05) is 113 Å². The van der Waals surface area contributed by atoms with Crippen LogP contribution < -0.4 is 33.2 Å². The Morgan fingerprint density at radius 2 is 0.833 bits per heavy atom. The standard InChI is InChI=1S/C19H20FN5S.C17H16FN5S.C15H12FN5S/c1-19(2,3)16-11-17(25-18(21)24-16)23-12-4-5-15(14(20)10-12)26-13-6-8-22-9-7-13;1-2-11-10-16(23-17(19)22-11)21-12-3-4-15(14(18)9-12)24-13-5-7-20-8-6-13;16-12-9-10(20-14-5-8-19-15(17)21-14)1-2-13(12)22-11-3-6-18-7-4-11/h4-11H,1-3H3,(H3,21,23,24,25);3-10H,2H2,1H3,(H3,19,21,22,23);1-9H,(H3,17,19,20,21). The topological polar surface area (TPSA) is 230 Å². The number of aromatic nitrogens is 9. The number of nitrogen functional groups attached to an aromatic ring is 3. The number of aryl methyl sites for hydroxylation is 1. The number of hydrogen-bond acceptors (Lipinski definition) is 18. The maximum Gasteiger partial charge on any atom is 0.222 e. The molecule has 0 aliphatic rings. The quantitative estimate of drug-likeness (QED) is 0.0630. The maximum atomic E-state index is 14.5. The van der Waals surface area contributed by atoms with Gasteiger partial charge in [0.05, 0.1) is 5.69 Å². The predicted molar refractivity (Wildman–Crippen MR) is 282 cm³/mol. The lowest BCUT2D eigenvalue weighted by Gasteiger charge is -2.19. The molecule has 9 N–H and O–H groups in total. The van der Waals surface area contributed by atoms with Crippen LogP contribution in [0.5, 0.6) is 0 Å². The molecule has 0 amide bonds. The molecule has 0 spiro atoms. The molecule has 0 saturated carbocycles. The van der Waals surface area contributed by atoms with Crippen LogP contribution in [0.15, 0.2) is 182 Å². The fraction of sp³-hybridized carbons (Fsp3) is 0.118. The molecule has 15 nitrogen and oxygen atoms in total. The van der Waals surface area contributed by atoms with Crippen molar-refractivity contribution in [1.29, 1.82) is 0 Å². The Kier molecular flexibility index (Phi) is 17.8. The van der Waals surface area contributed by atoms with E-state index in [0.717, 1.165) is 32.5 Å². The molecule has 6 heterocycles. The van der Waals surface area contributed by atoms with Gasteiger partial charge in [-0.2, -0.15) is 15.0 Å². The third kappa shape index (κ3) is 15.8. The molecular formula is C51H48F3N15S3. The molecule has 21 heteroatoms. The van der Waals surface area contributed by atoms with Gasteiger partial charge in [0.1, 0.15) is 34.9 Å². The molecule has 9 aromatic rings. The van der Waals surface area contributed by atoms with E-state index in [2.05, 4.69) is 60.8 Å². The van der Waals surface area contributed by atoms with Crippen LogP contribution >= 0.6 is 35.3 Å². The van der Waals surface area contributed by atoms with Crippen LogP contribution in [0.3, 0.4) is 0 Å². The van der Waals surface area contributed by atoms with Gasteiger partial charge in [0.25, 0.3) is 0 Å². The van der Waals surface area contributed by atoms with Crippen molar-refractivity contribution in [1.82, 2.24) is 44.9 Å². The summed E-state index contributed by atoms with van der Waals surface area (Å²) in [6, 6.07) is 31.2. The first kappa shape index (κ1) is 51.8. The zero-order valence-electron chi connectivity index (χ0n) is 39.3. The first-order valence-corrected chi connectivity index (χ1v) is 24.4. The minimum absolute atomic E-state index is 0.162. The monoisotopic (exact) mass is 1020 g/mol. The summed E-state index contributed by atoms with van der Waals surface area (Å²) in [6.45, 7) is 8.12. The highest BCUT2D eigenvalue weighted by Crippen LogP contribution is 2.34.